The van der Waals surface area contributed by atoms with Crippen LogP contribution in [0.4, 0.5) is 15.3 Å². The summed E-state index contributed by atoms with van der Waals surface area (Å²) >= 11 is 4.52. The van der Waals surface area contributed by atoms with Gasteiger partial charge in [0.05, 0.1) is 96.2 Å². The molecule has 6 heterocycles. The molecule has 7 fully saturated rings. The number of nitrogens with one attached hydrogen (secondary N) is 8. The maximum absolute atomic E-state index is 14.6. The summed E-state index contributed by atoms with van der Waals surface area (Å²) in [6, 6.07) is 2.79. The number of hydroxylamine groups is 1. The lowest BCUT2D eigenvalue weighted by atomic mass is 9.75. The minimum absolute atomic E-state index is 0.00307. The molecule has 2 aromatic carbocycles. The number of likely N-dealkylation sites (tertiary alicyclic amines) is 1. The molecule has 12 N–H and O–H groups in total. The molecule has 0 spiro atoms. The monoisotopic (exact) mass is 2230 g/mol. The average Bonchev–Trinajstić information content (AvgIpc) is 1.45. The molecular formula is C102H144IN9O30S4. The number of rotatable bonds is 43. The highest BCUT2D eigenvalue weighted by atomic mass is 127. The Labute approximate surface area is 883 Å². The smallest absolute Gasteiger partial charge is 0.411 e. The highest BCUT2D eigenvalue weighted by molar-refractivity contribution is 14.1. The Bertz CT molecular complexity index is 5030. The topological polar surface area (TPSA) is 510 Å². The molecule has 39 nitrogen and oxygen atoms in total. The number of aliphatic hydroxyl groups is 4. The van der Waals surface area contributed by atoms with Gasteiger partial charge in [-0.1, -0.05) is 173 Å². The molecule has 6 aliphatic heterocycles. The largest absolute Gasteiger partial charge is 0.492 e. The Morgan fingerprint density at radius 1 is 0.726 bits per heavy atom. The van der Waals surface area contributed by atoms with Crippen molar-refractivity contribution in [2.75, 3.05) is 72.9 Å². The lowest BCUT2D eigenvalue weighted by molar-refractivity contribution is -0.336. The van der Waals surface area contributed by atoms with Crippen LogP contribution in [-0.2, 0) is 102 Å². The van der Waals surface area contributed by atoms with Crippen LogP contribution in [0.5, 0.6) is 17.2 Å². The number of halogens is 1. The molecular weight excluding hydrogens is 2090 g/mol. The maximum Gasteiger partial charge on any atom is 0.411 e. The Morgan fingerprint density at radius 3 is 2.07 bits per heavy atom. The Kier molecular flexibility index (Phi) is 46.6. The van der Waals surface area contributed by atoms with E-state index in [1.54, 1.807) is 76.7 Å². The molecule has 44 heteroatoms. The molecule has 6 saturated heterocycles. The number of ether oxygens (including phenoxy) is 14. The number of carbonyl (C=O) groups excluding carboxylic acids is 11. The zero-order valence-electron chi connectivity index (χ0n) is 85.4. The van der Waals surface area contributed by atoms with Crippen molar-refractivity contribution in [1.29, 1.82) is 0 Å². The minimum Gasteiger partial charge on any atom is -0.492 e. The van der Waals surface area contributed by atoms with Crippen LogP contribution in [0.1, 0.15) is 231 Å². The number of hydrogen-bond donors (Lipinski definition) is 12. The fourth-order valence-electron chi connectivity index (χ4n) is 18.5. The summed E-state index contributed by atoms with van der Waals surface area (Å²) in [6.45, 7) is 15.4. The fraction of sp³-hybridized carbons (Fsp3) is 0.676. The zero-order valence-corrected chi connectivity index (χ0v) is 90.8. The van der Waals surface area contributed by atoms with Gasteiger partial charge >= 0.3 is 12.2 Å². The highest BCUT2D eigenvalue weighted by Crippen LogP contribution is 2.51. The van der Waals surface area contributed by atoms with Gasteiger partial charge in [-0.2, -0.15) is 5.48 Å². The normalized spacial score (nSPS) is 28.8. The predicted molar refractivity (Wildman–Crippen MR) is 553 cm³/mol. The van der Waals surface area contributed by atoms with Gasteiger partial charge in [-0.15, -0.1) is 11.8 Å². The van der Waals surface area contributed by atoms with Crippen molar-refractivity contribution < 1.29 is 144 Å². The van der Waals surface area contributed by atoms with Crippen LogP contribution < -0.4 is 56.9 Å². The molecule has 0 radical (unpaired) electrons. The molecule has 0 aromatic heterocycles. The molecule has 3 aliphatic carbocycles. The third kappa shape index (κ3) is 33.5. The number of carbonyl (C=O) groups is 11. The molecule has 808 valence electrons. The molecule has 1 saturated carbocycles. The van der Waals surface area contributed by atoms with E-state index in [1.165, 1.54) is 145 Å². The van der Waals surface area contributed by atoms with Gasteiger partial charge in [-0.25, -0.2) is 9.59 Å². The number of amides is 9. The van der Waals surface area contributed by atoms with Gasteiger partial charge in [0.25, 0.3) is 0 Å². The number of hydrogen-bond acceptors (Lipinski definition) is 35. The summed E-state index contributed by atoms with van der Waals surface area (Å²) in [5.41, 5.74) is 1.66. The number of anilines is 1. The zero-order chi connectivity index (χ0) is 106. The number of unbranched alkanes of at least 4 members (excludes halogenated alkanes) is 2. The van der Waals surface area contributed by atoms with Crippen LogP contribution in [-0.4, -0.2) is 300 Å². The van der Waals surface area contributed by atoms with Crippen molar-refractivity contribution in [3.05, 3.63) is 79.6 Å². The van der Waals surface area contributed by atoms with Gasteiger partial charge in [0, 0.05) is 105 Å². The maximum atomic E-state index is 14.6. The standard InChI is InChI=1S/C102H144IN9O30S4/c1-56(2)80(109-73(117)37-31-27-33-48-112-74(118)52-71(94(112)123)144-64-34-28-23-21-19-17-15-16-18-20-22-24-29-35-64)93(122)106-58(4)92(121)108-63-40-38-62(39-41-63)54-134-99(125)105-47-46-104-72(116)42-45-101(8,9)146-143-49-43-65-78-69(36-30-25-26-32-44-102(65,127)53-68(115)82(78)110-100(126)132-14)137-97-88(138-75-51-70(128-10)66(55-133-75)107-61(7)113)83(119)81(59(5)136-97)111-142-76-50-67(114)91(60(6)135-76)145-95(124)77-57(3)79(103)86(89(131-13)85(77)129-11)139-96-84(120)87(130-12)90-98(140-90)141-96/h25-26,38-41,43,56,58-60,64,66-67,69-71,75-76,80-81,83-84,87-88,90-91,96-98,111,114,119-120,127H,15-24,27-29,31,33-35,37,42,45-55H2,1-14H3,(H,104,116)(H,105,125)(H,106,122)(H,107,113)(H,108,121)(H,109,117)(H,110,126)/b26-25-,65-43+/t58-,59?,60?,66?,67?,69-,70?,71?,75?,76?,80-,81?,83?,84?,87?,88?,90?,91?,96?,97?,98?,102-/m0/s1. The molecule has 2 aromatic rings. The van der Waals surface area contributed by atoms with E-state index < -0.39 is 174 Å². The molecule has 18 unspecified atom stereocenters. The van der Waals surface area contributed by atoms with E-state index >= 15 is 0 Å². The fourth-order valence-corrected chi connectivity index (χ4v) is 24.3. The molecule has 146 heavy (non-hydrogen) atoms. The van der Waals surface area contributed by atoms with E-state index in [0.717, 1.165) is 44.6 Å². The van der Waals surface area contributed by atoms with Crippen LogP contribution >= 0.6 is 67.7 Å². The van der Waals surface area contributed by atoms with Gasteiger partial charge < -0.3 is 119 Å². The first-order valence-electron chi connectivity index (χ1n) is 50.2. The SMILES string of the molecule is COC(=O)NC1=C2/C(=C\CSSC(C)(C)CCC(=O)NCCNC(=O)OCc3ccc(NC(=O)[C@H](C)NC(=O)[C@@H](NC(=O)CCCCCN4C(=O)CC(SC5CCCCCCCCCCCCCC5)C4=O)C(C)C)cc3)[C@](O)(C#C/C=C\C#C[C@@H]2OC2OC(C)C(NOC3CC(O)C(SC(=O)c4c(C)c(I)c(OC5OC6OC6C(OC)C5O)c(OC)c4OC)C(C)O3)C(O)C2OC2CC(OC)C(NC(C)=O)CO2)CC1=O. The van der Waals surface area contributed by atoms with Crippen molar-refractivity contribution in [3.8, 4) is 40.9 Å². The molecule has 11 rings (SSSR count). The number of alkyl carbamates (subject to hydrolysis) is 2. The van der Waals surface area contributed by atoms with Crippen LogP contribution in [0.15, 0.2) is 59.3 Å². The molecule has 22 atom stereocenters. The predicted octanol–water partition coefficient (Wildman–Crippen LogP) is 9.87. The van der Waals surface area contributed by atoms with Crippen molar-refractivity contribution >= 4 is 138 Å². The number of aliphatic hydroxyl groups excluding tert-OH is 3. The second-order valence-electron chi connectivity index (χ2n) is 38.6. The number of imide groups is 1. The second kappa shape index (κ2) is 57.5. The number of fused-ring (bicyclic) bond motifs is 3. The summed E-state index contributed by atoms with van der Waals surface area (Å²) in [5, 5.41) is 66.3. The van der Waals surface area contributed by atoms with E-state index in [-0.39, 0.29) is 145 Å². The van der Waals surface area contributed by atoms with Crippen molar-refractivity contribution in [1.82, 2.24) is 42.3 Å². The summed E-state index contributed by atoms with van der Waals surface area (Å²) in [5.74, 6) is 8.42. The number of Topliss-reactive ketones (excluding diaryl/α,β-unsaturated/α-hetero) is 1. The summed E-state index contributed by atoms with van der Waals surface area (Å²) in [6.07, 6.45) is 4.28. The lowest BCUT2D eigenvalue weighted by Crippen LogP contribution is -2.65. The van der Waals surface area contributed by atoms with Crippen molar-refractivity contribution in [2.45, 2.75) is 366 Å². The van der Waals surface area contributed by atoms with E-state index in [1.807, 2.05) is 36.4 Å². The first kappa shape index (κ1) is 118. The van der Waals surface area contributed by atoms with E-state index in [9.17, 15) is 73.2 Å². The highest BCUT2D eigenvalue weighted by Gasteiger charge is 2.59. The second-order valence-corrected chi connectivity index (χ2v) is 45.4. The lowest BCUT2D eigenvalue weighted by Gasteiger charge is -2.46. The van der Waals surface area contributed by atoms with Crippen LogP contribution in [0.2, 0.25) is 0 Å². The van der Waals surface area contributed by atoms with Gasteiger partial charge in [0.15, 0.2) is 48.0 Å². The number of allylic oxidation sites excluding steroid dienone is 3. The van der Waals surface area contributed by atoms with Gasteiger partial charge in [0.1, 0.15) is 55.3 Å². The van der Waals surface area contributed by atoms with Crippen molar-refractivity contribution in [3.63, 3.8) is 0 Å². The average molecular weight is 2230 g/mol. The first-order chi connectivity index (χ1) is 69.9. The summed E-state index contributed by atoms with van der Waals surface area (Å²) in [7, 11) is 9.45. The number of methoxy groups -OCH3 is 5. The van der Waals surface area contributed by atoms with Crippen LogP contribution in [0.25, 0.3) is 0 Å². The van der Waals surface area contributed by atoms with Gasteiger partial charge in [-0.05, 0) is 138 Å². The third-order valence-electron chi connectivity index (χ3n) is 26.7. The molecule has 2 bridgehead atoms. The quantitative estimate of drug-likeness (QED) is 0.00558. The Balaban J connectivity index is 0.633. The first-order valence-corrected chi connectivity index (χ1v) is 55.4. The number of ketones is 1. The number of benzene rings is 2. The van der Waals surface area contributed by atoms with Crippen LogP contribution in [0.3, 0.4) is 0 Å². The summed E-state index contributed by atoms with van der Waals surface area (Å²) < 4.78 is 83.5. The van der Waals surface area contributed by atoms with E-state index in [0.29, 0.717) is 57.9 Å². The Hall–Kier alpha value is -7.92. The van der Waals surface area contributed by atoms with Crippen molar-refractivity contribution in [2.24, 2.45) is 5.92 Å². The van der Waals surface area contributed by atoms with Crippen LogP contribution in [0, 0.1) is 40.1 Å². The van der Waals surface area contributed by atoms with E-state index in [2.05, 4.69) is 66.4 Å². The minimum atomic E-state index is -2.25. The molecule has 9 amide bonds. The van der Waals surface area contributed by atoms with Gasteiger partial charge in [0.2, 0.25) is 58.5 Å². The Morgan fingerprint density at radius 2 is 1.41 bits per heavy atom. The van der Waals surface area contributed by atoms with E-state index in [4.69, 9.17) is 71.2 Å². The number of epoxide rings is 1. The summed E-state index contributed by atoms with van der Waals surface area (Å²) in [4.78, 5) is 155. The molecule has 9 aliphatic rings. The third-order valence-corrected chi connectivity index (χ3v) is 34.1. The number of nitrogens with zero attached hydrogens (tertiary/aromatic N) is 1. The van der Waals surface area contributed by atoms with Gasteiger partial charge in [-0.3, -0.25) is 58.2 Å². The number of thioether (sulfide) groups is 2.